The lowest BCUT2D eigenvalue weighted by Crippen LogP contribution is -2.60. The van der Waals surface area contributed by atoms with E-state index in [2.05, 4.69) is 15.7 Å². The summed E-state index contributed by atoms with van der Waals surface area (Å²) in [5.41, 5.74) is 9.24. The van der Waals surface area contributed by atoms with Crippen LogP contribution in [0.4, 0.5) is 5.69 Å². The molecule has 43 heavy (non-hydrogen) atoms. The van der Waals surface area contributed by atoms with Crippen LogP contribution in [0.3, 0.4) is 0 Å². The van der Waals surface area contributed by atoms with Gasteiger partial charge in [0.15, 0.2) is 6.10 Å². The highest BCUT2D eigenvalue weighted by atomic mass is 16.7. The fourth-order valence-electron chi connectivity index (χ4n) is 4.65. The fourth-order valence-corrected chi connectivity index (χ4v) is 4.65. The first-order chi connectivity index (χ1) is 20.6. The summed E-state index contributed by atoms with van der Waals surface area (Å²) < 4.78 is 11.3. The van der Waals surface area contributed by atoms with Crippen LogP contribution in [0.5, 0.6) is 5.75 Å². The van der Waals surface area contributed by atoms with Gasteiger partial charge in [0, 0.05) is 37.3 Å². The van der Waals surface area contributed by atoms with E-state index in [1.165, 1.54) is 12.1 Å². The van der Waals surface area contributed by atoms with Crippen molar-refractivity contribution < 1.29 is 44.3 Å². The predicted octanol–water partition coefficient (Wildman–Crippen LogP) is -1.88. The van der Waals surface area contributed by atoms with E-state index in [4.69, 9.17) is 25.5 Å². The van der Waals surface area contributed by atoms with Crippen LogP contribution in [0.15, 0.2) is 48.5 Å². The van der Waals surface area contributed by atoms with Crippen molar-refractivity contribution in [1.82, 2.24) is 15.1 Å². The second-order valence-electron chi connectivity index (χ2n) is 10.3. The van der Waals surface area contributed by atoms with Crippen LogP contribution >= 0.6 is 0 Å². The molecule has 234 valence electrons. The molecule has 4 rings (SSSR count). The Morgan fingerprint density at radius 1 is 1.07 bits per heavy atom. The molecule has 6 atom stereocenters. The van der Waals surface area contributed by atoms with Crippen LogP contribution in [-0.2, 0) is 19.2 Å². The minimum atomic E-state index is -1.69. The fraction of sp³-hybridized carbons (Fsp3) is 0.464. The van der Waals surface area contributed by atoms with Crippen LogP contribution in [-0.4, -0.2) is 125 Å². The third-order valence-electron chi connectivity index (χ3n) is 7.27. The normalized spacial score (nSPS) is 25.0. The Morgan fingerprint density at radius 3 is 2.49 bits per heavy atom. The Kier molecular flexibility index (Phi) is 10.9. The van der Waals surface area contributed by atoms with E-state index in [0.717, 1.165) is 13.1 Å². The topological polar surface area (TPSA) is 223 Å². The van der Waals surface area contributed by atoms with Crippen molar-refractivity contribution in [3.05, 3.63) is 59.7 Å². The lowest BCUT2D eigenvalue weighted by Gasteiger charge is -2.39. The first-order valence-corrected chi connectivity index (χ1v) is 13.7. The number of amidine groups is 1. The van der Waals surface area contributed by atoms with Gasteiger partial charge in [-0.15, -0.1) is 0 Å². The van der Waals surface area contributed by atoms with E-state index in [0.29, 0.717) is 24.3 Å². The molecular formula is C28H38N6O9. The number of anilines is 1. The number of nitrogens with two attached hydrogens (primary N) is 1. The summed E-state index contributed by atoms with van der Waals surface area (Å²) in [6, 6.07) is 12.7. The zero-order valence-corrected chi connectivity index (χ0v) is 23.6. The number of amides is 2. The first-order valence-electron chi connectivity index (χ1n) is 13.7. The Bertz CT molecular complexity index is 1270. The van der Waals surface area contributed by atoms with E-state index in [9.17, 15) is 30.0 Å². The van der Waals surface area contributed by atoms with Crippen molar-refractivity contribution >= 4 is 23.3 Å². The number of hydrogen-bond acceptors (Lipinski definition) is 12. The molecule has 0 radical (unpaired) electrons. The Balaban J connectivity index is 1.56. The van der Waals surface area contributed by atoms with E-state index < -0.39 is 49.3 Å². The number of nitrogens with zero attached hydrogens (tertiary/aromatic N) is 2. The summed E-state index contributed by atoms with van der Waals surface area (Å²) in [5.74, 6) is -1.09. The molecular weight excluding hydrogens is 564 g/mol. The quantitative estimate of drug-likeness (QED) is 0.0804. The molecule has 2 aromatic rings. The van der Waals surface area contributed by atoms with Crippen LogP contribution in [0.2, 0.25) is 0 Å². The number of aliphatic hydroxyl groups is 4. The van der Waals surface area contributed by atoms with Gasteiger partial charge in [0.05, 0.1) is 18.8 Å². The first kappa shape index (κ1) is 32.1. The Hall–Kier alpha value is -3.83. The number of benzene rings is 2. The number of para-hydroxylation sites is 1. The number of nitrogens with one attached hydrogen (secondary N) is 3. The Labute approximate surface area is 248 Å². The summed E-state index contributed by atoms with van der Waals surface area (Å²) >= 11 is 0. The predicted molar refractivity (Wildman–Crippen MR) is 153 cm³/mol. The lowest BCUT2D eigenvalue weighted by molar-refractivity contribution is -0.277. The summed E-state index contributed by atoms with van der Waals surface area (Å²) in [4.78, 5) is 35.9. The maximum atomic E-state index is 13.5. The number of carbonyl (C=O) groups is 2. The second kappa shape index (κ2) is 14.6. The molecule has 2 aliphatic rings. The van der Waals surface area contributed by atoms with E-state index in [1.54, 1.807) is 41.3 Å². The van der Waals surface area contributed by atoms with Crippen LogP contribution in [0.25, 0.3) is 0 Å². The highest BCUT2D eigenvalue weighted by molar-refractivity contribution is 5.95. The van der Waals surface area contributed by atoms with Crippen molar-refractivity contribution in [3.63, 3.8) is 0 Å². The lowest BCUT2D eigenvalue weighted by atomic mass is 9.99. The maximum absolute atomic E-state index is 13.5. The van der Waals surface area contributed by atoms with Crippen molar-refractivity contribution in [2.75, 3.05) is 51.9 Å². The molecule has 0 aromatic heterocycles. The standard InChI is InChI=1S/C28H38N6O9/c1-33-9-11-34(12-10-33)21(36)14-31-27(40)25(43-32-17-6-4-5-16(13-17)26(29)30)18-7-2-3-8-19(18)41-28-24(39)23(38)22(37)20(15-35)42-28/h2-8,13,20,22-25,28,32,35,37-39H,9-12,14-15H2,1H3,(H3,29,30)(H,31,40). The molecule has 0 aliphatic carbocycles. The van der Waals surface area contributed by atoms with Gasteiger partial charge in [-0.1, -0.05) is 30.3 Å². The molecule has 15 heteroatoms. The molecule has 6 unspecified atom stereocenters. The van der Waals surface area contributed by atoms with Crippen LogP contribution in [0, 0.1) is 5.41 Å². The highest BCUT2D eigenvalue weighted by Crippen LogP contribution is 2.32. The average molecular weight is 603 g/mol. The van der Waals surface area contributed by atoms with Gasteiger partial charge in [0.2, 0.25) is 12.2 Å². The average Bonchev–Trinajstić information content (AvgIpc) is 3.01. The van der Waals surface area contributed by atoms with Crippen molar-refractivity contribution in [2.24, 2.45) is 5.73 Å². The van der Waals surface area contributed by atoms with Gasteiger partial charge in [0.25, 0.3) is 5.91 Å². The molecule has 15 nitrogen and oxygen atoms in total. The number of nitrogen functional groups attached to an aromatic ring is 1. The molecule has 2 aliphatic heterocycles. The molecule has 0 bridgehead atoms. The van der Waals surface area contributed by atoms with Gasteiger partial charge in [-0.2, -0.15) is 0 Å². The molecule has 0 spiro atoms. The second-order valence-corrected chi connectivity index (χ2v) is 10.3. The molecule has 2 heterocycles. The highest BCUT2D eigenvalue weighted by Gasteiger charge is 2.45. The largest absolute Gasteiger partial charge is 0.462 e. The number of aliphatic hydroxyl groups excluding tert-OH is 4. The van der Waals surface area contributed by atoms with Crippen molar-refractivity contribution in [3.8, 4) is 5.75 Å². The number of rotatable bonds is 11. The number of carbonyl (C=O) groups excluding carboxylic acids is 2. The van der Waals surface area contributed by atoms with Crippen LogP contribution in [0.1, 0.15) is 17.2 Å². The third-order valence-corrected chi connectivity index (χ3v) is 7.27. The third kappa shape index (κ3) is 7.97. The van der Waals surface area contributed by atoms with E-state index in [-0.39, 0.29) is 29.6 Å². The van der Waals surface area contributed by atoms with Gasteiger partial charge in [-0.25, -0.2) is 0 Å². The minimum Gasteiger partial charge on any atom is -0.462 e. The summed E-state index contributed by atoms with van der Waals surface area (Å²) in [7, 11) is 1.97. The van der Waals surface area contributed by atoms with E-state index >= 15 is 0 Å². The summed E-state index contributed by atoms with van der Waals surface area (Å²) in [5, 5.41) is 50.6. The smallest absolute Gasteiger partial charge is 0.257 e. The Morgan fingerprint density at radius 2 is 1.79 bits per heavy atom. The van der Waals surface area contributed by atoms with Crippen LogP contribution < -0.4 is 21.3 Å². The zero-order valence-electron chi connectivity index (χ0n) is 23.6. The number of piperazine rings is 1. The van der Waals surface area contributed by atoms with Crippen molar-refractivity contribution in [2.45, 2.75) is 36.8 Å². The zero-order chi connectivity index (χ0) is 31.1. The number of ether oxygens (including phenoxy) is 2. The maximum Gasteiger partial charge on any atom is 0.257 e. The monoisotopic (exact) mass is 602 g/mol. The van der Waals surface area contributed by atoms with Gasteiger partial charge < -0.3 is 50.8 Å². The molecule has 9 N–H and O–H groups in total. The summed E-state index contributed by atoms with van der Waals surface area (Å²) in [6.45, 7) is 1.59. The molecule has 2 amide bonds. The minimum absolute atomic E-state index is 0.0247. The molecule has 0 saturated carbocycles. The number of likely N-dealkylation sites (N-methyl/N-ethyl adjacent to an activating group) is 1. The number of hydrogen-bond donors (Lipinski definition) is 8. The van der Waals surface area contributed by atoms with Gasteiger partial charge >= 0.3 is 0 Å². The SMILES string of the molecule is CN1CCN(C(=O)CNC(=O)C(ONc2cccc(C(=N)N)c2)c2ccccc2OC2OC(CO)C(O)C(O)C2O)CC1. The van der Waals surface area contributed by atoms with Crippen molar-refractivity contribution in [1.29, 1.82) is 5.41 Å². The molecule has 2 fully saturated rings. The molecule has 2 aromatic carbocycles. The van der Waals surface area contributed by atoms with E-state index in [1.807, 2.05) is 7.05 Å². The molecule has 2 saturated heterocycles. The van der Waals surface area contributed by atoms with Gasteiger partial charge in [-0.05, 0) is 25.2 Å². The van der Waals surface area contributed by atoms with Gasteiger partial charge in [0.1, 0.15) is 36.0 Å². The van der Waals surface area contributed by atoms with Gasteiger partial charge in [-0.3, -0.25) is 25.3 Å². The summed E-state index contributed by atoms with van der Waals surface area (Å²) in [6.07, 6.45) is -9.07.